The maximum Gasteiger partial charge on any atom is 0.247 e. The zero-order valence-electron chi connectivity index (χ0n) is 8.48. The summed E-state index contributed by atoms with van der Waals surface area (Å²) in [6.07, 6.45) is 1.49. The van der Waals surface area contributed by atoms with Gasteiger partial charge >= 0.3 is 0 Å². The number of aromatic nitrogens is 1. The fourth-order valence-electron chi connectivity index (χ4n) is 1.03. The normalized spacial score (nSPS) is 9.47. The molecule has 0 aromatic carbocycles. The summed E-state index contributed by atoms with van der Waals surface area (Å²) in [4.78, 5) is 15.6. The number of carbonyl (C=O) groups is 1. The van der Waals surface area contributed by atoms with E-state index in [1.165, 1.54) is 13.2 Å². The summed E-state index contributed by atoms with van der Waals surface area (Å²) in [5, 5.41) is 11.3. The molecular formula is C9H11N5O. The molecule has 1 rings (SSSR count). The Bertz CT molecular complexity index is 415. The third kappa shape index (κ3) is 2.22. The molecule has 78 valence electrons. The summed E-state index contributed by atoms with van der Waals surface area (Å²) in [5.74, 6) is -0.904. The van der Waals surface area contributed by atoms with Crippen LogP contribution >= 0.6 is 0 Å². The Morgan fingerprint density at radius 1 is 1.60 bits per heavy atom. The number of nitrogens with one attached hydrogen (secondary N) is 2. The first-order chi connectivity index (χ1) is 7.07. The molecule has 0 amide bonds. The van der Waals surface area contributed by atoms with Crippen molar-refractivity contribution in [1.29, 1.82) is 10.9 Å². The fraction of sp³-hybridized carbons (Fsp3) is 0.222. The highest BCUT2D eigenvalue weighted by Crippen LogP contribution is 2.06. The van der Waals surface area contributed by atoms with Crippen molar-refractivity contribution in [3.63, 3.8) is 0 Å². The molecule has 1 heterocycles. The SMILES string of the molecule is Cc1cccnc1C(=O)C(=N)N(C)N=N. The first kappa shape index (κ1) is 11.0. The van der Waals surface area contributed by atoms with E-state index in [4.69, 9.17) is 10.9 Å². The van der Waals surface area contributed by atoms with Gasteiger partial charge in [-0.2, -0.15) is 5.53 Å². The molecule has 0 aliphatic heterocycles. The number of rotatable bonds is 3. The number of likely N-dealkylation sites (N-methyl/N-ethyl adjacent to an activating group) is 1. The van der Waals surface area contributed by atoms with Crippen LogP contribution in [-0.2, 0) is 0 Å². The fourth-order valence-corrected chi connectivity index (χ4v) is 1.03. The third-order valence-electron chi connectivity index (χ3n) is 1.91. The van der Waals surface area contributed by atoms with Gasteiger partial charge in [0.2, 0.25) is 5.78 Å². The second-order valence-corrected chi connectivity index (χ2v) is 2.97. The van der Waals surface area contributed by atoms with Gasteiger partial charge in [0.15, 0.2) is 5.84 Å². The van der Waals surface area contributed by atoms with E-state index < -0.39 is 5.78 Å². The lowest BCUT2D eigenvalue weighted by molar-refractivity contribution is 0.104. The second-order valence-electron chi connectivity index (χ2n) is 2.97. The van der Waals surface area contributed by atoms with E-state index in [1.54, 1.807) is 19.1 Å². The summed E-state index contributed by atoms with van der Waals surface area (Å²) in [7, 11) is 1.37. The lowest BCUT2D eigenvalue weighted by Gasteiger charge is -2.10. The smallest absolute Gasteiger partial charge is 0.247 e. The Kier molecular flexibility index (Phi) is 3.22. The number of hydrogen-bond donors (Lipinski definition) is 2. The molecule has 0 spiro atoms. The zero-order chi connectivity index (χ0) is 11.4. The van der Waals surface area contributed by atoms with Crippen LogP contribution in [0.2, 0.25) is 0 Å². The van der Waals surface area contributed by atoms with Gasteiger partial charge in [-0.25, -0.2) is 5.01 Å². The topological polar surface area (TPSA) is 93.3 Å². The zero-order valence-corrected chi connectivity index (χ0v) is 8.48. The van der Waals surface area contributed by atoms with E-state index in [-0.39, 0.29) is 11.5 Å². The molecule has 0 saturated carbocycles. The minimum absolute atomic E-state index is 0.220. The highest BCUT2D eigenvalue weighted by molar-refractivity contribution is 6.43. The molecule has 6 heteroatoms. The maximum atomic E-state index is 11.7. The number of Topliss-reactive ketones (excluding diaryl/α,β-unsaturated/α-hetero) is 1. The third-order valence-corrected chi connectivity index (χ3v) is 1.91. The Balaban J connectivity index is 3.00. The summed E-state index contributed by atoms with van der Waals surface area (Å²) in [5.41, 5.74) is 7.61. The molecule has 0 radical (unpaired) electrons. The molecule has 0 bridgehead atoms. The van der Waals surface area contributed by atoms with Crippen LogP contribution in [0.1, 0.15) is 16.1 Å². The molecule has 1 aromatic heterocycles. The summed E-state index contributed by atoms with van der Waals surface area (Å²) >= 11 is 0. The number of amidine groups is 1. The maximum absolute atomic E-state index is 11.7. The van der Waals surface area contributed by atoms with E-state index in [0.717, 1.165) is 5.01 Å². The molecule has 0 aliphatic rings. The molecule has 0 atom stereocenters. The molecule has 0 fully saturated rings. The van der Waals surface area contributed by atoms with Crippen LogP contribution in [0.15, 0.2) is 23.6 Å². The molecule has 15 heavy (non-hydrogen) atoms. The van der Waals surface area contributed by atoms with Crippen molar-refractivity contribution in [3.05, 3.63) is 29.6 Å². The minimum atomic E-state index is -0.536. The lowest BCUT2D eigenvalue weighted by Crippen LogP contribution is -2.29. The molecule has 0 unspecified atom stereocenters. The van der Waals surface area contributed by atoms with Crippen LogP contribution in [0.3, 0.4) is 0 Å². The average Bonchev–Trinajstić information content (AvgIpc) is 2.26. The largest absolute Gasteiger partial charge is 0.283 e. The standard InChI is InChI=1S/C9H11N5O/c1-6-4-3-5-12-7(6)8(15)9(10)14(2)13-11/h3-5,10-11H,1-2H3. The highest BCUT2D eigenvalue weighted by Gasteiger charge is 2.19. The number of aryl methyl sites for hydroxylation is 1. The van der Waals surface area contributed by atoms with E-state index in [2.05, 4.69) is 10.2 Å². The number of carbonyl (C=O) groups excluding carboxylic acids is 1. The van der Waals surface area contributed by atoms with Gasteiger partial charge in [-0.1, -0.05) is 11.3 Å². The van der Waals surface area contributed by atoms with Gasteiger partial charge in [-0.3, -0.25) is 15.2 Å². The Morgan fingerprint density at radius 3 is 2.80 bits per heavy atom. The molecule has 1 aromatic rings. The van der Waals surface area contributed by atoms with Gasteiger partial charge in [0.1, 0.15) is 5.69 Å². The van der Waals surface area contributed by atoms with Crippen molar-refractivity contribution in [3.8, 4) is 0 Å². The number of pyridine rings is 1. The van der Waals surface area contributed by atoms with Crippen LogP contribution in [0, 0.1) is 17.9 Å². The first-order valence-corrected chi connectivity index (χ1v) is 4.24. The molecular weight excluding hydrogens is 194 g/mol. The van der Waals surface area contributed by atoms with Crippen LogP contribution in [0.5, 0.6) is 0 Å². The molecule has 2 N–H and O–H groups in total. The van der Waals surface area contributed by atoms with Gasteiger partial charge in [0.25, 0.3) is 0 Å². The van der Waals surface area contributed by atoms with Crippen LogP contribution < -0.4 is 0 Å². The predicted octanol–water partition coefficient (Wildman–Crippen LogP) is 1.43. The van der Waals surface area contributed by atoms with Gasteiger partial charge in [-0.15, -0.1) is 0 Å². The van der Waals surface area contributed by atoms with E-state index >= 15 is 0 Å². The Labute approximate surface area is 86.9 Å². The van der Waals surface area contributed by atoms with E-state index in [1.807, 2.05) is 0 Å². The molecule has 0 aliphatic carbocycles. The van der Waals surface area contributed by atoms with Crippen molar-refractivity contribution >= 4 is 11.6 Å². The van der Waals surface area contributed by atoms with Crippen LogP contribution in [0.25, 0.3) is 0 Å². The Morgan fingerprint density at radius 2 is 2.27 bits per heavy atom. The second kappa shape index (κ2) is 4.41. The van der Waals surface area contributed by atoms with Gasteiger partial charge in [0, 0.05) is 13.2 Å². The number of ketones is 1. The van der Waals surface area contributed by atoms with Crippen molar-refractivity contribution < 1.29 is 4.79 Å². The number of hydrogen-bond acceptors (Lipinski definition) is 5. The van der Waals surface area contributed by atoms with Crippen LogP contribution in [-0.4, -0.2) is 28.7 Å². The quantitative estimate of drug-likeness (QED) is 0.257. The first-order valence-electron chi connectivity index (χ1n) is 4.24. The van der Waals surface area contributed by atoms with Crippen molar-refractivity contribution in [2.24, 2.45) is 5.22 Å². The summed E-state index contributed by atoms with van der Waals surface area (Å²) in [6, 6.07) is 3.46. The van der Waals surface area contributed by atoms with E-state index in [0.29, 0.717) is 5.56 Å². The monoisotopic (exact) mass is 205 g/mol. The average molecular weight is 205 g/mol. The Hall–Kier alpha value is -2.11. The molecule has 6 nitrogen and oxygen atoms in total. The highest BCUT2D eigenvalue weighted by atomic mass is 16.1. The van der Waals surface area contributed by atoms with Crippen molar-refractivity contribution in [1.82, 2.24) is 9.99 Å². The van der Waals surface area contributed by atoms with Crippen molar-refractivity contribution in [2.45, 2.75) is 6.92 Å². The van der Waals surface area contributed by atoms with Gasteiger partial charge < -0.3 is 0 Å². The summed E-state index contributed by atoms with van der Waals surface area (Å²) in [6.45, 7) is 1.74. The summed E-state index contributed by atoms with van der Waals surface area (Å²) < 4.78 is 0. The van der Waals surface area contributed by atoms with Gasteiger partial charge in [0.05, 0.1) is 0 Å². The molecule has 0 saturated heterocycles. The number of nitrogens with zero attached hydrogens (tertiary/aromatic N) is 3. The van der Waals surface area contributed by atoms with E-state index in [9.17, 15) is 4.79 Å². The van der Waals surface area contributed by atoms with Crippen molar-refractivity contribution in [2.75, 3.05) is 7.05 Å². The minimum Gasteiger partial charge on any atom is -0.283 e. The van der Waals surface area contributed by atoms with Crippen LogP contribution in [0.4, 0.5) is 0 Å². The van der Waals surface area contributed by atoms with Gasteiger partial charge in [-0.05, 0) is 18.6 Å². The lowest BCUT2D eigenvalue weighted by atomic mass is 10.1. The predicted molar refractivity (Wildman–Crippen MR) is 53.9 cm³/mol.